The van der Waals surface area contributed by atoms with Crippen molar-refractivity contribution in [2.75, 3.05) is 11.5 Å². The zero-order chi connectivity index (χ0) is 8.65. The fourth-order valence-electron chi connectivity index (χ4n) is 1.32. The molecule has 0 atom stereocenters. The van der Waals surface area contributed by atoms with Crippen LogP contribution in [0.25, 0.3) is 0 Å². The number of rotatable bonds is 6. The molecule has 0 saturated carbocycles. The highest BCUT2D eigenvalue weighted by molar-refractivity contribution is 7.99. The number of hydrogen-bond donors (Lipinski definition) is 0. The van der Waals surface area contributed by atoms with Gasteiger partial charge in [-0.15, -0.1) is 0 Å². The molecule has 0 radical (unpaired) electrons. The normalized spacial score (nSPS) is 15.2. The highest BCUT2D eigenvalue weighted by atomic mass is 32.2. The molecular weight excluding hydrogens is 164 g/mol. The second kappa shape index (κ2) is 6.36. The Morgan fingerprint density at radius 3 is 3.00 bits per heavy atom. The Bertz CT molecular complexity index is 168. The van der Waals surface area contributed by atoms with Crippen molar-refractivity contribution in [3.63, 3.8) is 0 Å². The van der Waals surface area contributed by atoms with Crippen LogP contribution in [0.2, 0.25) is 0 Å². The maximum atomic E-state index is 2.34. The smallest absolute Gasteiger partial charge is 0.00644 e. The third-order valence-corrected chi connectivity index (χ3v) is 3.22. The van der Waals surface area contributed by atoms with Gasteiger partial charge >= 0.3 is 0 Å². The summed E-state index contributed by atoms with van der Waals surface area (Å²) in [5.74, 6) is 2.66. The topological polar surface area (TPSA) is 0 Å². The Labute approximate surface area is 80.1 Å². The fraction of sp³-hybridized carbons (Fsp3) is 0.636. The zero-order valence-electron chi connectivity index (χ0n) is 7.88. The van der Waals surface area contributed by atoms with Gasteiger partial charge in [-0.05, 0) is 37.2 Å². The van der Waals surface area contributed by atoms with E-state index in [-0.39, 0.29) is 0 Å². The molecule has 0 aromatic heterocycles. The average molecular weight is 182 g/mol. The van der Waals surface area contributed by atoms with Crippen molar-refractivity contribution >= 4 is 11.8 Å². The van der Waals surface area contributed by atoms with E-state index in [1.165, 1.54) is 30.8 Å². The molecule has 0 unspecified atom stereocenters. The van der Waals surface area contributed by atoms with Gasteiger partial charge in [-0.3, -0.25) is 0 Å². The van der Waals surface area contributed by atoms with E-state index in [9.17, 15) is 0 Å². The van der Waals surface area contributed by atoms with Gasteiger partial charge in [0, 0.05) is 0 Å². The first-order chi connectivity index (χ1) is 5.93. The highest BCUT2D eigenvalue weighted by Gasteiger charge is 1.96. The summed E-state index contributed by atoms with van der Waals surface area (Å²) in [7, 11) is 0. The lowest BCUT2D eigenvalue weighted by Gasteiger charge is -1.99. The predicted molar refractivity (Wildman–Crippen MR) is 58.7 cm³/mol. The van der Waals surface area contributed by atoms with Gasteiger partial charge in [-0.1, -0.05) is 30.7 Å². The molecule has 0 aliphatic heterocycles. The van der Waals surface area contributed by atoms with Crippen LogP contribution in [0.3, 0.4) is 0 Å². The molecule has 0 heterocycles. The number of thioether (sulfide) groups is 1. The third-order valence-electron chi connectivity index (χ3n) is 1.95. The summed E-state index contributed by atoms with van der Waals surface area (Å²) >= 11 is 2.09. The molecule has 0 aromatic carbocycles. The van der Waals surface area contributed by atoms with Crippen molar-refractivity contribution in [1.29, 1.82) is 0 Å². The zero-order valence-corrected chi connectivity index (χ0v) is 8.70. The third kappa shape index (κ3) is 4.01. The monoisotopic (exact) mass is 182 g/mol. The highest BCUT2D eigenvalue weighted by Crippen LogP contribution is 2.16. The van der Waals surface area contributed by atoms with Crippen LogP contribution in [0.15, 0.2) is 23.8 Å². The first-order valence-corrected chi connectivity index (χ1v) is 6.02. The predicted octanol–water partition coefficient (Wildman–Crippen LogP) is 3.80. The van der Waals surface area contributed by atoms with Crippen molar-refractivity contribution in [1.82, 2.24) is 0 Å². The lowest BCUT2D eigenvalue weighted by Crippen LogP contribution is -1.83. The summed E-state index contributed by atoms with van der Waals surface area (Å²) < 4.78 is 0. The Morgan fingerprint density at radius 2 is 2.33 bits per heavy atom. The van der Waals surface area contributed by atoms with Gasteiger partial charge < -0.3 is 0 Å². The van der Waals surface area contributed by atoms with Gasteiger partial charge in [-0.25, -0.2) is 0 Å². The summed E-state index contributed by atoms with van der Waals surface area (Å²) in [5, 5.41) is 0. The molecule has 0 aromatic rings. The largest absolute Gasteiger partial charge is 0.162 e. The second-order valence-electron chi connectivity index (χ2n) is 3.13. The Balaban J connectivity index is 1.92. The van der Waals surface area contributed by atoms with Crippen LogP contribution in [0.1, 0.15) is 32.6 Å². The van der Waals surface area contributed by atoms with Crippen molar-refractivity contribution in [3.05, 3.63) is 23.8 Å². The molecule has 0 nitrogen and oxygen atoms in total. The molecule has 0 fully saturated rings. The summed E-state index contributed by atoms with van der Waals surface area (Å²) in [6, 6.07) is 0. The lowest BCUT2D eigenvalue weighted by molar-refractivity contribution is 0.937. The molecule has 1 aliphatic carbocycles. The molecule has 1 heteroatoms. The standard InChI is InChI=1S/C11H18S/c1-2-9-12-10-5-8-11-6-3-4-7-11/h3,6-7H,2,4-5,8-10H2,1H3. The van der Waals surface area contributed by atoms with E-state index in [2.05, 4.69) is 36.9 Å². The molecule has 0 N–H and O–H groups in total. The average Bonchev–Trinajstić information content (AvgIpc) is 2.57. The van der Waals surface area contributed by atoms with Crippen LogP contribution in [0, 0.1) is 0 Å². The summed E-state index contributed by atoms with van der Waals surface area (Å²) in [4.78, 5) is 0. The summed E-state index contributed by atoms with van der Waals surface area (Å²) in [6.45, 7) is 2.25. The molecule has 68 valence electrons. The van der Waals surface area contributed by atoms with E-state index >= 15 is 0 Å². The van der Waals surface area contributed by atoms with Crippen LogP contribution in [-0.2, 0) is 0 Å². The molecule has 0 spiro atoms. The molecular formula is C11H18S. The maximum Gasteiger partial charge on any atom is -0.00644 e. The molecule has 12 heavy (non-hydrogen) atoms. The Kier molecular flexibility index (Phi) is 5.25. The molecule has 0 amide bonds. The van der Waals surface area contributed by atoms with Gasteiger partial charge in [0.15, 0.2) is 0 Å². The molecule has 1 rings (SSSR count). The number of hydrogen-bond acceptors (Lipinski definition) is 1. The van der Waals surface area contributed by atoms with Gasteiger partial charge in [0.1, 0.15) is 0 Å². The van der Waals surface area contributed by atoms with Gasteiger partial charge in [-0.2, -0.15) is 11.8 Å². The van der Waals surface area contributed by atoms with Crippen molar-refractivity contribution in [2.24, 2.45) is 0 Å². The lowest BCUT2D eigenvalue weighted by atomic mass is 10.2. The Morgan fingerprint density at radius 1 is 1.42 bits per heavy atom. The molecule has 0 saturated heterocycles. The SMILES string of the molecule is CCCSCCCC1=CCC=C1. The van der Waals surface area contributed by atoms with Crippen molar-refractivity contribution in [3.8, 4) is 0 Å². The van der Waals surface area contributed by atoms with E-state index in [4.69, 9.17) is 0 Å². The fourth-order valence-corrected chi connectivity index (χ4v) is 2.16. The van der Waals surface area contributed by atoms with E-state index in [0.717, 1.165) is 6.42 Å². The van der Waals surface area contributed by atoms with Crippen LogP contribution in [-0.4, -0.2) is 11.5 Å². The molecule has 1 aliphatic rings. The van der Waals surface area contributed by atoms with Gasteiger partial charge in [0.25, 0.3) is 0 Å². The van der Waals surface area contributed by atoms with Crippen LogP contribution in [0.5, 0.6) is 0 Å². The quantitative estimate of drug-likeness (QED) is 0.563. The van der Waals surface area contributed by atoms with E-state index in [0.29, 0.717) is 0 Å². The van der Waals surface area contributed by atoms with E-state index in [1.54, 1.807) is 5.57 Å². The molecule has 0 bridgehead atoms. The minimum atomic E-state index is 1.16. The van der Waals surface area contributed by atoms with E-state index in [1.807, 2.05) is 0 Å². The van der Waals surface area contributed by atoms with Crippen LogP contribution >= 0.6 is 11.8 Å². The minimum Gasteiger partial charge on any atom is -0.162 e. The van der Waals surface area contributed by atoms with Gasteiger partial charge in [0.05, 0.1) is 0 Å². The minimum absolute atomic E-state index is 1.16. The number of allylic oxidation sites excluding steroid dienone is 4. The second-order valence-corrected chi connectivity index (χ2v) is 4.36. The van der Waals surface area contributed by atoms with Crippen molar-refractivity contribution in [2.45, 2.75) is 32.6 Å². The van der Waals surface area contributed by atoms with Gasteiger partial charge in [0.2, 0.25) is 0 Å². The first-order valence-electron chi connectivity index (χ1n) is 4.87. The summed E-state index contributed by atoms with van der Waals surface area (Å²) in [5.41, 5.74) is 1.55. The summed E-state index contributed by atoms with van der Waals surface area (Å²) in [6.07, 6.45) is 12.0. The van der Waals surface area contributed by atoms with Crippen LogP contribution in [0.4, 0.5) is 0 Å². The van der Waals surface area contributed by atoms with Crippen molar-refractivity contribution < 1.29 is 0 Å². The van der Waals surface area contributed by atoms with Crippen LogP contribution < -0.4 is 0 Å². The Hall–Kier alpha value is -0.170. The van der Waals surface area contributed by atoms with E-state index < -0.39 is 0 Å². The first kappa shape index (κ1) is 9.91. The maximum absolute atomic E-state index is 2.34.